The van der Waals surface area contributed by atoms with Crippen molar-refractivity contribution in [1.29, 1.82) is 0 Å². The molecule has 0 fully saturated rings. The van der Waals surface area contributed by atoms with Gasteiger partial charge in [0.15, 0.2) is 0 Å². The van der Waals surface area contributed by atoms with E-state index >= 15 is 0 Å². The van der Waals surface area contributed by atoms with Crippen molar-refractivity contribution in [1.82, 2.24) is 19.9 Å². The van der Waals surface area contributed by atoms with Gasteiger partial charge >= 0.3 is 5.97 Å². The van der Waals surface area contributed by atoms with Crippen LogP contribution in [-0.2, 0) is 18.4 Å². The fourth-order valence-corrected chi connectivity index (χ4v) is 1.62. The van der Waals surface area contributed by atoms with Crippen LogP contribution in [0.1, 0.15) is 21.9 Å². The van der Waals surface area contributed by atoms with Gasteiger partial charge in [0, 0.05) is 31.7 Å². The largest absolute Gasteiger partial charge is 0.478 e. The summed E-state index contributed by atoms with van der Waals surface area (Å²) in [5, 5.41) is 11.2. The molecule has 7 heteroatoms. The van der Waals surface area contributed by atoms with Crippen molar-refractivity contribution in [3.63, 3.8) is 0 Å². The fraction of sp³-hybridized carbons (Fsp3) is 0.143. The lowest BCUT2D eigenvalue weighted by molar-refractivity contribution is -0.131. The summed E-state index contributed by atoms with van der Waals surface area (Å²) in [6.45, 7) is 0.310. The number of hydrogen-bond donors (Lipinski definition) is 2. The van der Waals surface area contributed by atoms with Crippen LogP contribution in [0, 0.1) is 0 Å². The Kier molecular flexibility index (Phi) is 4.45. The Bertz CT molecular complexity index is 674. The fourth-order valence-electron chi connectivity index (χ4n) is 1.62. The molecular formula is C14H14N4O3. The van der Waals surface area contributed by atoms with Crippen LogP contribution in [0.4, 0.5) is 0 Å². The summed E-state index contributed by atoms with van der Waals surface area (Å²) in [5.74, 6) is -0.608. The zero-order valence-corrected chi connectivity index (χ0v) is 11.4. The number of rotatable bonds is 5. The predicted molar refractivity (Wildman–Crippen MR) is 75.3 cm³/mol. The van der Waals surface area contributed by atoms with Crippen LogP contribution >= 0.6 is 0 Å². The molecule has 0 saturated carbocycles. The molecule has 0 atom stereocenters. The second-order valence-electron chi connectivity index (χ2n) is 4.29. The van der Waals surface area contributed by atoms with E-state index in [1.165, 1.54) is 18.3 Å². The normalized spacial score (nSPS) is 10.7. The van der Waals surface area contributed by atoms with E-state index in [9.17, 15) is 9.59 Å². The van der Waals surface area contributed by atoms with Crippen molar-refractivity contribution in [2.45, 2.75) is 6.54 Å². The molecule has 2 aromatic rings. The number of carboxylic acid groups (broad SMARTS) is 1. The third-order valence-electron chi connectivity index (χ3n) is 2.77. The second-order valence-corrected chi connectivity index (χ2v) is 4.29. The summed E-state index contributed by atoms with van der Waals surface area (Å²) < 4.78 is 1.81. The number of nitrogens with zero attached hydrogens (tertiary/aromatic N) is 3. The molecule has 0 aromatic carbocycles. The Morgan fingerprint density at radius 2 is 2.19 bits per heavy atom. The van der Waals surface area contributed by atoms with Gasteiger partial charge in [-0.05, 0) is 17.7 Å². The zero-order valence-electron chi connectivity index (χ0n) is 11.4. The molecule has 0 spiro atoms. The van der Waals surface area contributed by atoms with E-state index in [2.05, 4.69) is 15.3 Å². The number of carboxylic acids is 1. The monoisotopic (exact) mass is 286 g/mol. The highest BCUT2D eigenvalue weighted by Gasteiger charge is 2.08. The van der Waals surface area contributed by atoms with Crippen molar-refractivity contribution in [2.24, 2.45) is 7.05 Å². The van der Waals surface area contributed by atoms with Crippen molar-refractivity contribution in [2.75, 3.05) is 0 Å². The maximum Gasteiger partial charge on any atom is 0.328 e. The maximum atomic E-state index is 11.9. The molecule has 2 rings (SSSR count). The summed E-state index contributed by atoms with van der Waals surface area (Å²) in [6, 6.07) is 3.16. The van der Waals surface area contributed by atoms with Crippen molar-refractivity contribution in [3.8, 4) is 0 Å². The molecule has 108 valence electrons. The van der Waals surface area contributed by atoms with E-state index in [0.717, 1.165) is 11.9 Å². The van der Waals surface area contributed by atoms with Crippen LogP contribution in [0.2, 0.25) is 0 Å². The van der Waals surface area contributed by atoms with Crippen molar-refractivity contribution >= 4 is 18.0 Å². The van der Waals surface area contributed by atoms with Crippen molar-refractivity contribution < 1.29 is 14.7 Å². The molecule has 0 unspecified atom stereocenters. The van der Waals surface area contributed by atoms with Gasteiger partial charge in [-0.15, -0.1) is 0 Å². The van der Waals surface area contributed by atoms with Gasteiger partial charge in [0.2, 0.25) is 0 Å². The minimum absolute atomic E-state index is 0.261. The zero-order chi connectivity index (χ0) is 15.2. The van der Waals surface area contributed by atoms with E-state index in [-0.39, 0.29) is 11.6 Å². The topological polar surface area (TPSA) is 97.1 Å². The maximum absolute atomic E-state index is 11.9. The summed E-state index contributed by atoms with van der Waals surface area (Å²) in [6.07, 6.45) is 7.31. The third kappa shape index (κ3) is 4.00. The molecule has 0 aliphatic carbocycles. The van der Waals surface area contributed by atoms with Gasteiger partial charge in [0.1, 0.15) is 11.5 Å². The van der Waals surface area contributed by atoms with Crippen LogP contribution < -0.4 is 5.32 Å². The molecule has 0 saturated heterocycles. The summed E-state index contributed by atoms with van der Waals surface area (Å²) >= 11 is 0. The number of imidazole rings is 1. The Hall–Kier alpha value is -2.96. The number of nitrogens with one attached hydrogen (secondary N) is 1. The smallest absolute Gasteiger partial charge is 0.328 e. The van der Waals surface area contributed by atoms with E-state index in [0.29, 0.717) is 12.1 Å². The van der Waals surface area contributed by atoms with Gasteiger partial charge in [-0.1, -0.05) is 6.07 Å². The lowest BCUT2D eigenvalue weighted by Gasteiger charge is -2.05. The Morgan fingerprint density at radius 1 is 1.38 bits per heavy atom. The second kappa shape index (κ2) is 6.47. The lowest BCUT2D eigenvalue weighted by Crippen LogP contribution is -2.25. The Labute approximate surface area is 121 Å². The average Bonchev–Trinajstić information content (AvgIpc) is 2.88. The first kappa shape index (κ1) is 14.4. The van der Waals surface area contributed by atoms with Gasteiger partial charge in [-0.3, -0.25) is 9.78 Å². The van der Waals surface area contributed by atoms with E-state index in [1.807, 2.05) is 11.6 Å². The van der Waals surface area contributed by atoms with E-state index < -0.39 is 5.97 Å². The summed E-state index contributed by atoms with van der Waals surface area (Å²) in [4.78, 5) is 30.4. The Balaban J connectivity index is 1.97. The minimum Gasteiger partial charge on any atom is -0.478 e. The van der Waals surface area contributed by atoms with Gasteiger partial charge in [-0.25, -0.2) is 9.78 Å². The molecule has 2 aromatic heterocycles. The Morgan fingerprint density at radius 3 is 2.76 bits per heavy atom. The first-order valence-corrected chi connectivity index (χ1v) is 6.17. The number of carbonyl (C=O) groups excluding carboxylic acids is 1. The molecular weight excluding hydrogens is 272 g/mol. The average molecular weight is 286 g/mol. The van der Waals surface area contributed by atoms with Gasteiger partial charge in [-0.2, -0.15) is 0 Å². The number of pyridine rings is 1. The molecule has 21 heavy (non-hydrogen) atoms. The van der Waals surface area contributed by atoms with Crippen LogP contribution in [-0.4, -0.2) is 31.5 Å². The molecule has 2 N–H and O–H groups in total. The summed E-state index contributed by atoms with van der Waals surface area (Å²) in [5.41, 5.74) is 0.870. The number of hydrogen-bond acceptors (Lipinski definition) is 4. The quantitative estimate of drug-likeness (QED) is 0.794. The first-order valence-electron chi connectivity index (χ1n) is 6.17. The molecule has 2 heterocycles. The number of aromatic nitrogens is 3. The molecule has 0 radical (unpaired) electrons. The van der Waals surface area contributed by atoms with Crippen LogP contribution in [0.15, 0.2) is 36.8 Å². The first-order chi connectivity index (χ1) is 10.1. The standard InChI is InChI=1S/C14H14N4O3/c1-18-7-6-15-12(18)9-17-14(21)11-4-2-10(8-16-11)3-5-13(19)20/h2-8H,9H2,1H3,(H,17,21)(H,19,20). The number of aliphatic carboxylic acids is 1. The highest BCUT2D eigenvalue weighted by Crippen LogP contribution is 2.03. The number of carbonyl (C=O) groups is 2. The van der Waals surface area contributed by atoms with Gasteiger partial charge < -0.3 is 15.0 Å². The van der Waals surface area contributed by atoms with E-state index in [4.69, 9.17) is 5.11 Å². The molecule has 0 aliphatic rings. The minimum atomic E-state index is -1.04. The molecule has 0 aliphatic heterocycles. The highest BCUT2D eigenvalue weighted by atomic mass is 16.4. The van der Waals surface area contributed by atoms with Crippen LogP contribution in [0.25, 0.3) is 6.08 Å². The third-order valence-corrected chi connectivity index (χ3v) is 2.77. The van der Waals surface area contributed by atoms with Crippen molar-refractivity contribution in [3.05, 3.63) is 53.9 Å². The number of amides is 1. The van der Waals surface area contributed by atoms with Gasteiger partial charge in [0.25, 0.3) is 5.91 Å². The van der Waals surface area contributed by atoms with Gasteiger partial charge in [0.05, 0.1) is 6.54 Å². The SMILES string of the molecule is Cn1ccnc1CNC(=O)c1ccc(C=CC(=O)O)cn1. The van der Waals surface area contributed by atoms with Crippen LogP contribution in [0.3, 0.4) is 0 Å². The predicted octanol–water partition coefficient (Wildman–Crippen LogP) is 0.843. The summed E-state index contributed by atoms with van der Waals surface area (Å²) in [7, 11) is 1.84. The van der Waals surface area contributed by atoms with E-state index in [1.54, 1.807) is 18.5 Å². The van der Waals surface area contributed by atoms with Crippen LogP contribution in [0.5, 0.6) is 0 Å². The molecule has 0 bridgehead atoms. The number of aryl methyl sites for hydroxylation is 1. The lowest BCUT2D eigenvalue weighted by atomic mass is 10.2. The highest BCUT2D eigenvalue weighted by molar-refractivity contribution is 5.92. The molecule has 7 nitrogen and oxygen atoms in total. The molecule has 1 amide bonds.